The predicted molar refractivity (Wildman–Crippen MR) is 116 cm³/mol. The lowest BCUT2D eigenvalue weighted by molar-refractivity contribution is 0.218. The molecule has 3 aromatic rings. The maximum Gasteiger partial charge on any atom is 0.267 e. The number of ether oxygens (including phenoxy) is 2. The van der Waals surface area contributed by atoms with E-state index in [4.69, 9.17) is 14.5 Å². The topological polar surface area (TPSA) is 53.3 Å². The number of hydrogen-bond acceptors (Lipinski definition) is 6. The summed E-state index contributed by atoms with van der Waals surface area (Å²) in [4.78, 5) is 20.8. The number of thioether (sulfide) groups is 1. The molecule has 4 rings (SSSR count). The molecule has 28 heavy (non-hydrogen) atoms. The van der Waals surface area contributed by atoms with Gasteiger partial charge >= 0.3 is 0 Å². The van der Waals surface area contributed by atoms with Crippen LogP contribution >= 0.6 is 23.1 Å². The summed E-state index contributed by atoms with van der Waals surface area (Å²) in [5.41, 5.74) is 2.03. The first-order valence-electron chi connectivity index (χ1n) is 9.56. The van der Waals surface area contributed by atoms with Crippen molar-refractivity contribution in [3.63, 3.8) is 0 Å². The van der Waals surface area contributed by atoms with E-state index in [1.807, 2.05) is 24.3 Å². The van der Waals surface area contributed by atoms with Crippen molar-refractivity contribution in [2.45, 2.75) is 37.3 Å². The van der Waals surface area contributed by atoms with E-state index in [-0.39, 0.29) is 5.56 Å². The highest BCUT2D eigenvalue weighted by Crippen LogP contribution is 2.34. The first-order chi connectivity index (χ1) is 13.7. The largest absolute Gasteiger partial charge is 0.497 e. The standard InChI is InChI=1S/C21H24N2O3S2/c1-25-11-12-27-21-22-19-18(16-9-4-3-5-10-17(16)28-19)20(24)23(21)14-7-6-8-15(13-14)26-2/h6-8,13H,3-5,9-12H2,1-2H3. The van der Waals surface area contributed by atoms with Crippen LogP contribution in [0.15, 0.2) is 34.2 Å². The van der Waals surface area contributed by atoms with Gasteiger partial charge in [0.25, 0.3) is 5.56 Å². The molecular weight excluding hydrogens is 392 g/mol. The van der Waals surface area contributed by atoms with E-state index < -0.39 is 0 Å². The van der Waals surface area contributed by atoms with Crippen LogP contribution in [-0.2, 0) is 17.6 Å². The smallest absolute Gasteiger partial charge is 0.267 e. The minimum absolute atomic E-state index is 0.0255. The van der Waals surface area contributed by atoms with Gasteiger partial charge < -0.3 is 9.47 Å². The Kier molecular flexibility index (Phi) is 6.04. The SMILES string of the molecule is COCCSc1nc2sc3c(c2c(=O)n1-c1cccc(OC)c1)CCCCC3. The Hall–Kier alpha value is -1.83. The van der Waals surface area contributed by atoms with E-state index in [0.29, 0.717) is 11.8 Å². The predicted octanol–water partition coefficient (Wildman–Crippen LogP) is 4.46. The Morgan fingerprint density at radius 2 is 2.07 bits per heavy atom. The molecule has 0 atom stereocenters. The number of methoxy groups -OCH3 is 2. The molecule has 148 valence electrons. The number of hydrogen-bond donors (Lipinski definition) is 0. The normalized spacial score (nSPS) is 14.1. The van der Waals surface area contributed by atoms with Crippen LogP contribution in [0.1, 0.15) is 29.7 Å². The first kappa shape index (κ1) is 19.5. The fraction of sp³-hybridized carbons (Fsp3) is 0.429. The molecule has 0 radical (unpaired) electrons. The van der Waals surface area contributed by atoms with E-state index in [0.717, 1.165) is 46.7 Å². The highest BCUT2D eigenvalue weighted by Gasteiger charge is 2.22. The van der Waals surface area contributed by atoms with E-state index in [2.05, 4.69) is 0 Å². The number of aromatic nitrogens is 2. The van der Waals surface area contributed by atoms with Crippen LogP contribution in [0.25, 0.3) is 15.9 Å². The summed E-state index contributed by atoms with van der Waals surface area (Å²) >= 11 is 3.25. The molecule has 1 aliphatic carbocycles. The molecule has 7 heteroatoms. The minimum Gasteiger partial charge on any atom is -0.497 e. The van der Waals surface area contributed by atoms with Gasteiger partial charge in [0.05, 0.1) is 24.8 Å². The van der Waals surface area contributed by atoms with Crippen LogP contribution in [0, 0.1) is 0 Å². The Balaban J connectivity index is 1.93. The summed E-state index contributed by atoms with van der Waals surface area (Å²) in [5.74, 6) is 1.46. The van der Waals surface area contributed by atoms with E-state index >= 15 is 0 Å². The molecule has 0 N–H and O–H groups in total. The molecule has 1 aromatic carbocycles. The number of aryl methyl sites for hydroxylation is 2. The summed E-state index contributed by atoms with van der Waals surface area (Å²) in [5, 5.41) is 1.51. The third kappa shape index (κ3) is 3.71. The third-order valence-corrected chi connectivity index (χ3v) is 7.13. The van der Waals surface area contributed by atoms with Crippen LogP contribution in [0.2, 0.25) is 0 Å². The lowest BCUT2D eigenvalue weighted by Gasteiger charge is -2.13. The van der Waals surface area contributed by atoms with Crippen molar-refractivity contribution in [1.29, 1.82) is 0 Å². The van der Waals surface area contributed by atoms with Crippen LogP contribution in [-0.4, -0.2) is 36.1 Å². The average Bonchev–Trinajstić information content (AvgIpc) is 2.90. The minimum atomic E-state index is 0.0255. The van der Waals surface area contributed by atoms with Crippen molar-refractivity contribution in [3.05, 3.63) is 45.1 Å². The molecule has 0 unspecified atom stereocenters. The van der Waals surface area contributed by atoms with Crippen molar-refractivity contribution in [3.8, 4) is 11.4 Å². The Labute approximate surface area is 172 Å². The highest BCUT2D eigenvalue weighted by atomic mass is 32.2. The first-order valence-corrected chi connectivity index (χ1v) is 11.4. The van der Waals surface area contributed by atoms with Gasteiger partial charge in [0.15, 0.2) is 5.16 Å². The molecule has 0 bridgehead atoms. The molecule has 2 heterocycles. The van der Waals surface area contributed by atoms with Gasteiger partial charge in [0, 0.05) is 23.8 Å². The van der Waals surface area contributed by atoms with Crippen molar-refractivity contribution < 1.29 is 9.47 Å². The second kappa shape index (κ2) is 8.68. The zero-order valence-corrected chi connectivity index (χ0v) is 17.8. The summed E-state index contributed by atoms with van der Waals surface area (Å²) in [6.45, 7) is 0.609. The molecule has 0 saturated carbocycles. The Morgan fingerprint density at radius 1 is 1.21 bits per heavy atom. The zero-order chi connectivity index (χ0) is 19.5. The summed E-state index contributed by atoms with van der Waals surface area (Å²) in [6.07, 6.45) is 5.59. The van der Waals surface area contributed by atoms with Gasteiger partial charge in [-0.3, -0.25) is 9.36 Å². The van der Waals surface area contributed by atoms with E-state index in [1.165, 1.54) is 23.3 Å². The molecule has 1 aliphatic rings. The molecule has 0 spiro atoms. The fourth-order valence-corrected chi connectivity index (χ4v) is 5.87. The lowest BCUT2D eigenvalue weighted by atomic mass is 10.1. The molecule has 0 aliphatic heterocycles. The maximum absolute atomic E-state index is 13.7. The van der Waals surface area contributed by atoms with Gasteiger partial charge in [-0.25, -0.2) is 4.98 Å². The quantitative estimate of drug-likeness (QED) is 0.257. The summed E-state index contributed by atoms with van der Waals surface area (Å²) in [7, 11) is 3.32. The third-order valence-electron chi connectivity index (χ3n) is 5.04. The number of rotatable bonds is 6. The van der Waals surface area contributed by atoms with Gasteiger partial charge in [0.1, 0.15) is 10.6 Å². The maximum atomic E-state index is 13.7. The Bertz CT molecular complexity index is 1040. The summed E-state index contributed by atoms with van der Waals surface area (Å²) in [6, 6.07) is 7.61. The molecular formula is C21H24N2O3S2. The van der Waals surface area contributed by atoms with Crippen LogP contribution < -0.4 is 10.3 Å². The average molecular weight is 417 g/mol. The number of benzene rings is 1. The summed E-state index contributed by atoms with van der Waals surface area (Å²) < 4.78 is 12.3. The van der Waals surface area contributed by atoms with Gasteiger partial charge in [-0.1, -0.05) is 24.2 Å². The van der Waals surface area contributed by atoms with Gasteiger partial charge in [-0.05, 0) is 43.4 Å². The molecule has 0 saturated heterocycles. The van der Waals surface area contributed by atoms with Crippen LogP contribution in [0.5, 0.6) is 5.75 Å². The van der Waals surface area contributed by atoms with Crippen molar-refractivity contribution in [2.24, 2.45) is 0 Å². The second-order valence-corrected chi connectivity index (χ2v) is 8.97. The number of fused-ring (bicyclic) bond motifs is 3. The molecule has 5 nitrogen and oxygen atoms in total. The second-order valence-electron chi connectivity index (χ2n) is 6.82. The van der Waals surface area contributed by atoms with Gasteiger partial charge in [0.2, 0.25) is 0 Å². The zero-order valence-electron chi connectivity index (χ0n) is 16.2. The van der Waals surface area contributed by atoms with Gasteiger partial charge in [-0.2, -0.15) is 0 Å². The number of thiophene rings is 1. The van der Waals surface area contributed by atoms with Crippen LogP contribution in [0.4, 0.5) is 0 Å². The van der Waals surface area contributed by atoms with Crippen molar-refractivity contribution in [1.82, 2.24) is 9.55 Å². The molecule has 2 aromatic heterocycles. The molecule has 0 fully saturated rings. The van der Waals surface area contributed by atoms with Crippen molar-refractivity contribution >= 4 is 33.3 Å². The van der Waals surface area contributed by atoms with Gasteiger partial charge in [-0.15, -0.1) is 11.3 Å². The van der Waals surface area contributed by atoms with E-state index in [1.54, 1.807) is 41.9 Å². The highest BCUT2D eigenvalue weighted by molar-refractivity contribution is 7.99. The van der Waals surface area contributed by atoms with Crippen LogP contribution in [0.3, 0.4) is 0 Å². The number of nitrogens with zero attached hydrogens (tertiary/aromatic N) is 2. The molecule has 0 amide bonds. The van der Waals surface area contributed by atoms with E-state index in [9.17, 15) is 4.79 Å². The fourth-order valence-electron chi connectivity index (χ4n) is 3.65. The monoisotopic (exact) mass is 416 g/mol. The van der Waals surface area contributed by atoms with Crippen molar-refractivity contribution in [2.75, 3.05) is 26.6 Å². The lowest BCUT2D eigenvalue weighted by Crippen LogP contribution is -2.22. The Morgan fingerprint density at radius 3 is 2.89 bits per heavy atom.